The third kappa shape index (κ3) is 4.56. The minimum absolute atomic E-state index is 0.00699. The van der Waals surface area contributed by atoms with Crippen molar-refractivity contribution >= 4 is 29.1 Å². The fourth-order valence-corrected chi connectivity index (χ4v) is 4.85. The maximum absolute atomic E-state index is 13.6. The number of para-hydroxylation sites is 1. The molecule has 0 saturated heterocycles. The Morgan fingerprint density at radius 1 is 1.26 bits per heavy atom. The van der Waals surface area contributed by atoms with Gasteiger partial charge in [-0.1, -0.05) is 48.3 Å². The molecule has 1 aliphatic rings. The number of esters is 1. The first-order valence-corrected chi connectivity index (χ1v) is 11.3. The molecule has 10 heteroatoms. The van der Waals surface area contributed by atoms with E-state index in [0.717, 1.165) is 11.3 Å². The van der Waals surface area contributed by atoms with Crippen LogP contribution in [-0.2, 0) is 9.53 Å². The number of rotatable bonds is 7. The molecule has 1 aromatic heterocycles. The minimum atomic E-state index is -0.803. The Morgan fingerprint density at radius 2 is 1.97 bits per heavy atom. The van der Waals surface area contributed by atoms with Gasteiger partial charge in [0, 0.05) is 6.07 Å². The second-order valence-electron chi connectivity index (χ2n) is 7.56. The van der Waals surface area contributed by atoms with Crippen LogP contribution < -0.4 is 19.6 Å². The Hall–Kier alpha value is -4.31. The second-order valence-corrected chi connectivity index (χ2v) is 8.57. The molecule has 1 unspecified atom stereocenters. The number of hydrogen-bond donors (Lipinski definition) is 0. The summed E-state index contributed by atoms with van der Waals surface area (Å²) in [5.74, 6) is 0.00831. The number of aromatic nitrogens is 1. The van der Waals surface area contributed by atoms with Crippen molar-refractivity contribution in [3.8, 4) is 5.75 Å². The lowest BCUT2D eigenvalue weighted by molar-refractivity contribution is -0.385. The number of carbonyl (C=O) groups excluding carboxylic acids is 1. The Balaban J connectivity index is 1.95. The molecule has 0 aliphatic carbocycles. The number of hydrogen-bond acceptors (Lipinski definition) is 8. The molecule has 0 radical (unpaired) electrons. The van der Waals surface area contributed by atoms with Crippen LogP contribution in [0.25, 0.3) is 6.08 Å². The summed E-state index contributed by atoms with van der Waals surface area (Å²) in [6.07, 6.45) is 2.93. The molecular weight excluding hydrogens is 470 g/mol. The number of nitro benzene ring substituents is 1. The van der Waals surface area contributed by atoms with Gasteiger partial charge in [-0.15, -0.1) is 0 Å². The van der Waals surface area contributed by atoms with Crippen LogP contribution in [0.5, 0.6) is 5.75 Å². The van der Waals surface area contributed by atoms with Gasteiger partial charge in [-0.2, -0.15) is 0 Å². The van der Waals surface area contributed by atoms with Crippen LogP contribution in [0.4, 0.5) is 5.69 Å². The molecular formula is C25H21N3O6S. The number of nitro groups is 1. The van der Waals surface area contributed by atoms with E-state index < -0.39 is 22.5 Å². The number of benzene rings is 2. The van der Waals surface area contributed by atoms with Crippen molar-refractivity contribution in [2.75, 3.05) is 13.7 Å². The molecule has 9 nitrogen and oxygen atoms in total. The molecule has 0 spiro atoms. The van der Waals surface area contributed by atoms with E-state index >= 15 is 0 Å². The van der Waals surface area contributed by atoms with E-state index in [1.54, 1.807) is 56.5 Å². The molecule has 178 valence electrons. The third-order valence-electron chi connectivity index (χ3n) is 5.43. The van der Waals surface area contributed by atoms with Crippen LogP contribution in [0.2, 0.25) is 0 Å². The van der Waals surface area contributed by atoms with Gasteiger partial charge in [-0.05, 0) is 36.8 Å². The molecule has 2 aromatic carbocycles. The maximum Gasteiger partial charge on any atom is 0.338 e. The summed E-state index contributed by atoms with van der Waals surface area (Å²) in [4.78, 5) is 42.4. The van der Waals surface area contributed by atoms with Gasteiger partial charge in [0.25, 0.3) is 11.2 Å². The molecule has 1 atom stereocenters. The highest BCUT2D eigenvalue weighted by atomic mass is 32.1. The van der Waals surface area contributed by atoms with E-state index in [1.165, 1.54) is 22.8 Å². The molecule has 0 saturated carbocycles. The van der Waals surface area contributed by atoms with Crippen LogP contribution >= 0.6 is 11.3 Å². The number of nitrogens with zero attached hydrogens (tertiary/aromatic N) is 3. The van der Waals surface area contributed by atoms with Crippen molar-refractivity contribution < 1.29 is 19.2 Å². The third-order valence-corrected chi connectivity index (χ3v) is 6.41. The summed E-state index contributed by atoms with van der Waals surface area (Å²) in [6.45, 7) is 5.26. The van der Waals surface area contributed by atoms with Crippen molar-refractivity contribution in [1.82, 2.24) is 4.57 Å². The van der Waals surface area contributed by atoms with Crippen molar-refractivity contribution in [3.63, 3.8) is 0 Å². The average Bonchev–Trinajstić information content (AvgIpc) is 3.16. The zero-order valence-corrected chi connectivity index (χ0v) is 19.8. The van der Waals surface area contributed by atoms with Crippen LogP contribution in [-0.4, -0.2) is 29.2 Å². The quantitative estimate of drug-likeness (QED) is 0.217. The Labute approximate surface area is 203 Å². The largest absolute Gasteiger partial charge is 0.497 e. The van der Waals surface area contributed by atoms with Crippen LogP contribution in [0, 0.1) is 10.1 Å². The fourth-order valence-electron chi connectivity index (χ4n) is 3.81. The van der Waals surface area contributed by atoms with Gasteiger partial charge < -0.3 is 9.47 Å². The summed E-state index contributed by atoms with van der Waals surface area (Å²) >= 11 is 1.10. The zero-order valence-electron chi connectivity index (χ0n) is 19.0. The Bertz CT molecular complexity index is 1530. The first-order valence-electron chi connectivity index (χ1n) is 10.5. The molecule has 0 amide bonds. The van der Waals surface area contributed by atoms with E-state index in [1.807, 2.05) is 0 Å². The Kier molecular flexibility index (Phi) is 6.74. The molecule has 1 aliphatic heterocycles. The molecule has 0 bridgehead atoms. The van der Waals surface area contributed by atoms with E-state index in [-0.39, 0.29) is 22.4 Å². The van der Waals surface area contributed by atoms with Crippen molar-refractivity contribution in [1.29, 1.82) is 0 Å². The van der Waals surface area contributed by atoms with Crippen molar-refractivity contribution in [2.24, 2.45) is 4.99 Å². The van der Waals surface area contributed by atoms with Gasteiger partial charge in [0.2, 0.25) is 0 Å². The summed E-state index contributed by atoms with van der Waals surface area (Å²) in [7, 11) is 1.54. The molecule has 2 heterocycles. The number of fused-ring (bicyclic) bond motifs is 1. The maximum atomic E-state index is 13.6. The lowest BCUT2D eigenvalue weighted by atomic mass is 9.96. The van der Waals surface area contributed by atoms with E-state index in [2.05, 4.69) is 11.6 Å². The predicted octanol–water partition coefficient (Wildman–Crippen LogP) is 2.88. The van der Waals surface area contributed by atoms with Crippen LogP contribution in [0.1, 0.15) is 24.1 Å². The number of allylic oxidation sites excluding steroid dienone is 1. The standard InChI is InChI=1S/C25H21N3O6S/c1-4-13-34-24(30)21-15(2)26-25-27(22(21)16-9-11-18(33-3)12-10-16)23(29)20(35-25)14-17-7-5-6-8-19(17)28(31)32/h4-12,14,22H,1,13H2,2-3H3/b20-14-. The fraction of sp³-hybridized carbons (Fsp3) is 0.160. The topological polar surface area (TPSA) is 113 Å². The van der Waals surface area contributed by atoms with Crippen molar-refractivity contribution in [3.05, 3.63) is 113 Å². The van der Waals surface area contributed by atoms with Gasteiger partial charge in [0.05, 0.1) is 39.4 Å². The molecule has 0 N–H and O–H groups in total. The average molecular weight is 492 g/mol. The number of ether oxygens (including phenoxy) is 2. The summed E-state index contributed by atoms with van der Waals surface area (Å²) < 4.78 is 12.2. The van der Waals surface area contributed by atoms with E-state index in [9.17, 15) is 19.7 Å². The highest BCUT2D eigenvalue weighted by Crippen LogP contribution is 2.31. The number of methoxy groups -OCH3 is 1. The van der Waals surface area contributed by atoms with Crippen LogP contribution in [0.15, 0.2) is 82.2 Å². The van der Waals surface area contributed by atoms with E-state index in [0.29, 0.717) is 27.4 Å². The lowest BCUT2D eigenvalue weighted by Gasteiger charge is -2.24. The summed E-state index contributed by atoms with van der Waals surface area (Å²) in [6, 6.07) is 12.4. The number of thiazole rings is 1. The normalized spacial score (nSPS) is 15.3. The van der Waals surface area contributed by atoms with E-state index in [4.69, 9.17) is 9.47 Å². The highest BCUT2D eigenvalue weighted by molar-refractivity contribution is 7.07. The highest BCUT2D eigenvalue weighted by Gasteiger charge is 2.33. The minimum Gasteiger partial charge on any atom is -0.497 e. The predicted molar refractivity (Wildman–Crippen MR) is 131 cm³/mol. The van der Waals surface area contributed by atoms with Crippen molar-refractivity contribution in [2.45, 2.75) is 13.0 Å². The first kappa shape index (κ1) is 23.8. The van der Waals surface area contributed by atoms with Gasteiger partial charge in [-0.25, -0.2) is 9.79 Å². The molecule has 4 rings (SSSR count). The second kappa shape index (κ2) is 9.90. The lowest BCUT2D eigenvalue weighted by Crippen LogP contribution is -2.39. The zero-order chi connectivity index (χ0) is 25.1. The van der Waals surface area contributed by atoms with Gasteiger partial charge in [0.1, 0.15) is 12.4 Å². The SMILES string of the molecule is C=CCOC(=O)C1=C(C)N=c2s/c(=C\c3ccccc3[N+](=O)[O-])c(=O)n2C1c1ccc(OC)cc1. The molecule has 35 heavy (non-hydrogen) atoms. The van der Waals surface area contributed by atoms with Gasteiger partial charge in [0.15, 0.2) is 4.80 Å². The smallest absolute Gasteiger partial charge is 0.338 e. The summed E-state index contributed by atoms with van der Waals surface area (Å²) in [5, 5.41) is 11.4. The number of carbonyl (C=O) groups is 1. The van der Waals surface area contributed by atoms with Gasteiger partial charge >= 0.3 is 5.97 Å². The first-order chi connectivity index (χ1) is 16.8. The molecule has 3 aromatic rings. The van der Waals surface area contributed by atoms with Crippen LogP contribution in [0.3, 0.4) is 0 Å². The van der Waals surface area contributed by atoms with Gasteiger partial charge in [-0.3, -0.25) is 19.5 Å². The monoisotopic (exact) mass is 491 g/mol. The summed E-state index contributed by atoms with van der Waals surface area (Å²) in [5.41, 5.74) is 1.05. The Morgan fingerprint density at radius 3 is 2.63 bits per heavy atom. The molecule has 0 fully saturated rings.